The van der Waals surface area contributed by atoms with Crippen molar-refractivity contribution in [1.29, 1.82) is 0 Å². The fourth-order valence-electron chi connectivity index (χ4n) is 3.43. The Kier molecular flexibility index (Phi) is 3.58. The number of aromatic nitrogens is 1. The lowest BCUT2D eigenvalue weighted by Crippen LogP contribution is -2.40. The average Bonchev–Trinajstić information content (AvgIpc) is 2.97. The second-order valence-corrected chi connectivity index (χ2v) is 5.67. The molecule has 2 heterocycles. The third kappa shape index (κ3) is 2.17. The number of fused-ring (bicyclic) bond motifs is 3. The molecule has 3 heteroatoms. The highest BCUT2D eigenvalue weighted by molar-refractivity contribution is 6.37. The Morgan fingerprint density at radius 3 is 3.00 bits per heavy atom. The van der Waals surface area contributed by atoms with E-state index in [2.05, 4.69) is 35.6 Å². The molecule has 0 spiro atoms. The van der Waals surface area contributed by atoms with Gasteiger partial charge >= 0.3 is 0 Å². The number of pyridine rings is 1. The molecule has 0 aromatic carbocycles. The van der Waals surface area contributed by atoms with Crippen molar-refractivity contribution in [2.75, 3.05) is 5.32 Å². The molecule has 2 nitrogen and oxygen atoms in total. The number of hydrogen-bond donors (Lipinski definition) is 1. The number of anilines is 1. The number of aryl methyl sites for hydroxylation is 1. The molecular formula is C18H19BN2. The predicted molar refractivity (Wildman–Crippen MR) is 90.2 cm³/mol. The Hall–Kier alpha value is -2.03. The van der Waals surface area contributed by atoms with Crippen molar-refractivity contribution < 1.29 is 0 Å². The second kappa shape index (κ2) is 5.40. The topological polar surface area (TPSA) is 24.9 Å². The minimum atomic E-state index is 0.206. The minimum Gasteiger partial charge on any atom is -0.378 e. The molecule has 1 aromatic heterocycles. The van der Waals surface area contributed by atoms with Crippen LogP contribution in [0.2, 0.25) is 0 Å². The van der Waals surface area contributed by atoms with Crippen LogP contribution < -0.4 is 10.8 Å². The zero-order valence-corrected chi connectivity index (χ0v) is 12.3. The Bertz CT molecular complexity index is 657. The summed E-state index contributed by atoms with van der Waals surface area (Å²) in [5.74, 6) is 0.848. The highest BCUT2D eigenvalue weighted by Crippen LogP contribution is 2.45. The molecule has 3 atom stereocenters. The molecule has 0 saturated heterocycles. The largest absolute Gasteiger partial charge is 0.378 e. The molecule has 3 unspecified atom stereocenters. The van der Waals surface area contributed by atoms with Crippen LogP contribution in [0.5, 0.6) is 0 Å². The molecule has 1 N–H and O–H groups in total. The SMILES string of the molecule is [B]c1c(C)ncc2c1NC(/C(C=C)=C/C=C)C1CC=CC21. The van der Waals surface area contributed by atoms with Gasteiger partial charge in [-0.15, -0.1) is 0 Å². The quantitative estimate of drug-likeness (QED) is 0.521. The normalized spacial score (nSPS) is 26.7. The lowest BCUT2D eigenvalue weighted by Gasteiger charge is -2.39. The maximum Gasteiger partial charge on any atom is 0.119 e. The summed E-state index contributed by atoms with van der Waals surface area (Å²) in [5, 5.41) is 3.62. The average molecular weight is 274 g/mol. The molecule has 0 fully saturated rings. The van der Waals surface area contributed by atoms with Gasteiger partial charge in [-0.25, -0.2) is 0 Å². The number of nitrogens with one attached hydrogen (secondary N) is 1. The molecule has 1 aliphatic heterocycles. The van der Waals surface area contributed by atoms with Gasteiger partial charge in [-0.2, -0.15) is 0 Å². The highest BCUT2D eigenvalue weighted by Gasteiger charge is 2.38. The summed E-state index contributed by atoms with van der Waals surface area (Å²) >= 11 is 0. The minimum absolute atomic E-state index is 0.206. The van der Waals surface area contributed by atoms with E-state index in [1.807, 2.05) is 31.3 Å². The fraction of sp³-hybridized carbons (Fsp3) is 0.278. The number of hydrogen-bond acceptors (Lipinski definition) is 2. The van der Waals surface area contributed by atoms with Crippen LogP contribution in [0.1, 0.15) is 23.6 Å². The van der Waals surface area contributed by atoms with Crippen molar-refractivity contribution in [3.8, 4) is 0 Å². The van der Waals surface area contributed by atoms with Crippen molar-refractivity contribution in [1.82, 2.24) is 4.98 Å². The molecule has 1 aliphatic carbocycles. The Labute approximate surface area is 127 Å². The van der Waals surface area contributed by atoms with Crippen LogP contribution in [0.25, 0.3) is 0 Å². The van der Waals surface area contributed by atoms with Gasteiger partial charge in [0.25, 0.3) is 0 Å². The lowest BCUT2D eigenvalue weighted by molar-refractivity contribution is 0.454. The van der Waals surface area contributed by atoms with E-state index in [0.717, 1.165) is 28.8 Å². The summed E-state index contributed by atoms with van der Waals surface area (Å²) in [6.07, 6.45) is 13.3. The van der Waals surface area contributed by atoms with Gasteiger partial charge in [0, 0.05) is 29.1 Å². The third-order valence-corrected chi connectivity index (χ3v) is 4.55. The van der Waals surface area contributed by atoms with E-state index in [0.29, 0.717) is 11.8 Å². The number of allylic oxidation sites excluding steroid dienone is 4. The molecule has 3 rings (SSSR count). The van der Waals surface area contributed by atoms with Gasteiger partial charge in [0.1, 0.15) is 7.85 Å². The molecule has 0 bridgehead atoms. The monoisotopic (exact) mass is 274 g/mol. The summed E-state index contributed by atoms with van der Waals surface area (Å²) in [6.45, 7) is 9.69. The van der Waals surface area contributed by atoms with Crippen LogP contribution in [0.3, 0.4) is 0 Å². The molecule has 0 amide bonds. The van der Waals surface area contributed by atoms with Crippen molar-refractivity contribution in [3.63, 3.8) is 0 Å². The number of rotatable bonds is 3. The van der Waals surface area contributed by atoms with E-state index in [4.69, 9.17) is 7.85 Å². The highest BCUT2D eigenvalue weighted by atomic mass is 15.0. The maximum absolute atomic E-state index is 6.25. The molecule has 104 valence electrons. The smallest absolute Gasteiger partial charge is 0.119 e. The molecule has 21 heavy (non-hydrogen) atoms. The predicted octanol–water partition coefficient (Wildman–Crippen LogP) is 2.94. The van der Waals surface area contributed by atoms with E-state index in [-0.39, 0.29) is 6.04 Å². The van der Waals surface area contributed by atoms with Crippen molar-refractivity contribution in [3.05, 3.63) is 66.6 Å². The van der Waals surface area contributed by atoms with Crippen molar-refractivity contribution in [2.24, 2.45) is 5.92 Å². The van der Waals surface area contributed by atoms with Crippen LogP contribution in [-0.4, -0.2) is 18.9 Å². The standard InChI is InChI=1S/C18H19BN2/c1-4-7-12(5-2)17-14-9-6-8-13(14)15-10-20-11(3)16(19)18(15)21-17/h4-8,10,13-14,17,21H,1-2,9H2,3H3/b12-7+. The maximum atomic E-state index is 6.25. The Morgan fingerprint density at radius 1 is 1.48 bits per heavy atom. The van der Waals surface area contributed by atoms with Gasteiger partial charge < -0.3 is 5.32 Å². The first kappa shape index (κ1) is 13.9. The van der Waals surface area contributed by atoms with Gasteiger partial charge in [0.2, 0.25) is 0 Å². The summed E-state index contributed by atoms with van der Waals surface area (Å²) in [6, 6.07) is 0.206. The summed E-state index contributed by atoms with van der Waals surface area (Å²) in [7, 11) is 6.25. The van der Waals surface area contributed by atoms with Gasteiger partial charge in [-0.1, -0.05) is 49.0 Å². The molecular weight excluding hydrogens is 255 g/mol. The Balaban J connectivity index is 2.12. The summed E-state index contributed by atoms with van der Waals surface area (Å²) < 4.78 is 0. The first-order valence-corrected chi connectivity index (χ1v) is 7.30. The molecule has 1 aromatic rings. The van der Waals surface area contributed by atoms with Crippen molar-refractivity contribution >= 4 is 19.0 Å². The van der Waals surface area contributed by atoms with E-state index in [1.54, 1.807) is 0 Å². The van der Waals surface area contributed by atoms with Crippen LogP contribution >= 0.6 is 0 Å². The lowest BCUT2D eigenvalue weighted by atomic mass is 9.74. The van der Waals surface area contributed by atoms with Gasteiger partial charge in [0.05, 0.1) is 6.04 Å². The zero-order chi connectivity index (χ0) is 15.0. The van der Waals surface area contributed by atoms with E-state index >= 15 is 0 Å². The van der Waals surface area contributed by atoms with E-state index < -0.39 is 0 Å². The van der Waals surface area contributed by atoms with E-state index in [1.165, 1.54) is 5.56 Å². The van der Waals surface area contributed by atoms with Crippen LogP contribution in [0.15, 0.2) is 55.3 Å². The summed E-state index contributed by atoms with van der Waals surface area (Å²) in [5.41, 5.74) is 5.00. The Morgan fingerprint density at radius 2 is 2.29 bits per heavy atom. The van der Waals surface area contributed by atoms with Crippen LogP contribution in [-0.2, 0) is 0 Å². The van der Waals surface area contributed by atoms with Crippen molar-refractivity contribution in [2.45, 2.75) is 25.3 Å². The van der Waals surface area contributed by atoms with Gasteiger partial charge in [-0.05, 0) is 24.8 Å². The van der Waals surface area contributed by atoms with E-state index in [9.17, 15) is 0 Å². The summed E-state index contributed by atoms with van der Waals surface area (Å²) in [4.78, 5) is 4.43. The third-order valence-electron chi connectivity index (χ3n) is 4.55. The van der Waals surface area contributed by atoms with Crippen LogP contribution in [0.4, 0.5) is 5.69 Å². The van der Waals surface area contributed by atoms with Gasteiger partial charge in [0.15, 0.2) is 0 Å². The number of nitrogens with zero attached hydrogens (tertiary/aromatic N) is 1. The zero-order valence-electron chi connectivity index (χ0n) is 12.3. The first-order valence-electron chi connectivity index (χ1n) is 7.30. The fourth-order valence-corrected chi connectivity index (χ4v) is 3.43. The second-order valence-electron chi connectivity index (χ2n) is 5.67. The first-order chi connectivity index (χ1) is 10.2. The molecule has 0 saturated carbocycles. The van der Waals surface area contributed by atoms with Gasteiger partial charge in [-0.3, -0.25) is 4.98 Å². The van der Waals surface area contributed by atoms with Crippen LogP contribution in [0, 0.1) is 12.8 Å². The molecule has 2 aliphatic rings. The molecule has 2 radical (unpaired) electrons.